The van der Waals surface area contributed by atoms with Crippen molar-refractivity contribution in [2.24, 2.45) is 0 Å². The topological polar surface area (TPSA) is 70.2 Å². The van der Waals surface area contributed by atoms with E-state index in [0.29, 0.717) is 5.82 Å². The van der Waals surface area contributed by atoms with Crippen molar-refractivity contribution >= 4 is 5.82 Å². The number of rotatable bonds is 4. The van der Waals surface area contributed by atoms with Crippen molar-refractivity contribution in [1.82, 2.24) is 14.9 Å². The molecule has 2 heterocycles. The van der Waals surface area contributed by atoms with Gasteiger partial charge in [0.2, 0.25) is 0 Å². The normalized spacial score (nSPS) is 17.2. The molecule has 1 aliphatic rings. The second-order valence-electron chi connectivity index (χ2n) is 3.65. The summed E-state index contributed by atoms with van der Waals surface area (Å²) in [5.41, 5.74) is -0.176. The van der Waals surface area contributed by atoms with Gasteiger partial charge in [0.05, 0.1) is 13.2 Å². The van der Waals surface area contributed by atoms with Gasteiger partial charge >= 0.3 is 0 Å². The van der Waals surface area contributed by atoms with E-state index < -0.39 is 0 Å². The highest BCUT2D eigenvalue weighted by Gasteiger charge is 2.09. The molecular weight excluding hydrogens is 208 g/mol. The molecule has 0 amide bonds. The van der Waals surface area contributed by atoms with Crippen LogP contribution in [-0.2, 0) is 4.74 Å². The van der Waals surface area contributed by atoms with Crippen molar-refractivity contribution in [3.63, 3.8) is 0 Å². The van der Waals surface area contributed by atoms with Gasteiger partial charge in [0.25, 0.3) is 5.56 Å². The average molecular weight is 224 g/mol. The molecule has 1 aliphatic heterocycles. The first-order valence-electron chi connectivity index (χ1n) is 5.44. The van der Waals surface area contributed by atoms with Crippen LogP contribution in [0.1, 0.15) is 0 Å². The molecule has 0 aromatic carbocycles. The first kappa shape index (κ1) is 11.1. The lowest BCUT2D eigenvalue weighted by Gasteiger charge is -2.26. The Morgan fingerprint density at radius 3 is 3.06 bits per heavy atom. The fraction of sp³-hybridized carbons (Fsp3) is 0.600. The van der Waals surface area contributed by atoms with Gasteiger partial charge in [-0.05, 0) is 0 Å². The fourth-order valence-corrected chi connectivity index (χ4v) is 1.63. The molecule has 0 spiro atoms. The van der Waals surface area contributed by atoms with E-state index in [1.54, 1.807) is 6.20 Å². The molecule has 88 valence electrons. The lowest BCUT2D eigenvalue weighted by atomic mass is 10.4. The molecule has 0 saturated carbocycles. The molecular formula is C10H16N4O2. The Hall–Kier alpha value is -1.40. The van der Waals surface area contributed by atoms with Gasteiger partial charge in [-0.15, -0.1) is 0 Å². The van der Waals surface area contributed by atoms with Crippen molar-refractivity contribution in [2.75, 3.05) is 44.7 Å². The van der Waals surface area contributed by atoms with Crippen LogP contribution in [0, 0.1) is 0 Å². The van der Waals surface area contributed by atoms with Crippen LogP contribution in [0.4, 0.5) is 5.82 Å². The molecule has 1 saturated heterocycles. The molecule has 6 nitrogen and oxygen atoms in total. The Bertz CT molecular complexity index is 373. The molecule has 2 N–H and O–H groups in total. The van der Waals surface area contributed by atoms with E-state index in [2.05, 4.69) is 20.2 Å². The highest BCUT2D eigenvalue weighted by Crippen LogP contribution is 1.96. The number of aromatic nitrogens is 2. The molecule has 1 fully saturated rings. The lowest BCUT2D eigenvalue weighted by molar-refractivity contribution is 0.0398. The number of nitrogens with zero attached hydrogens (tertiary/aromatic N) is 2. The molecule has 0 unspecified atom stereocenters. The summed E-state index contributed by atoms with van der Waals surface area (Å²) in [5, 5.41) is 3.02. The Balaban J connectivity index is 1.75. The zero-order valence-electron chi connectivity index (χ0n) is 9.11. The number of anilines is 1. The third-order valence-electron chi connectivity index (χ3n) is 2.53. The van der Waals surface area contributed by atoms with Gasteiger partial charge in [0.15, 0.2) is 5.82 Å². The quantitative estimate of drug-likeness (QED) is 0.722. The second-order valence-corrected chi connectivity index (χ2v) is 3.65. The molecule has 0 bridgehead atoms. The number of ether oxygens (including phenoxy) is 1. The largest absolute Gasteiger partial charge is 0.379 e. The maximum atomic E-state index is 11.3. The van der Waals surface area contributed by atoms with Crippen molar-refractivity contribution < 1.29 is 4.74 Å². The molecule has 0 aliphatic carbocycles. The van der Waals surface area contributed by atoms with Crippen molar-refractivity contribution in [2.45, 2.75) is 0 Å². The Kier molecular flexibility index (Phi) is 3.90. The molecule has 1 aromatic heterocycles. The molecule has 2 rings (SSSR count). The number of aromatic amines is 1. The predicted octanol–water partition coefficient (Wildman–Crippen LogP) is -0.486. The van der Waals surface area contributed by atoms with E-state index >= 15 is 0 Å². The van der Waals surface area contributed by atoms with Gasteiger partial charge in [-0.25, -0.2) is 4.98 Å². The van der Waals surface area contributed by atoms with E-state index in [4.69, 9.17) is 4.74 Å². The zero-order valence-corrected chi connectivity index (χ0v) is 9.11. The predicted molar refractivity (Wildman–Crippen MR) is 60.6 cm³/mol. The van der Waals surface area contributed by atoms with Gasteiger partial charge in [-0.2, -0.15) is 0 Å². The zero-order chi connectivity index (χ0) is 11.2. The summed E-state index contributed by atoms with van der Waals surface area (Å²) in [5.74, 6) is 0.385. The van der Waals surface area contributed by atoms with Crippen LogP contribution >= 0.6 is 0 Å². The summed E-state index contributed by atoms with van der Waals surface area (Å²) in [6.07, 6.45) is 3.09. The smallest absolute Gasteiger partial charge is 0.290 e. The van der Waals surface area contributed by atoms with Crippen LogP contribution in [0.5, 0.6) is 0 Å². The lowest BCUT2D eigenvalue weighted by Crippen LogP contribution is -2.39. The summed E-state index contributed by atoms with van der Waals surface area (Å²) < 4.78 is 5.25. The fourth-order valence-electron chi connectivity index (χ4n) is 1.63. The van der Waals surface area contributed by atoms with E-state index in [1.807, 2.05) is 0 Å². The van der Waals surface area contributed by atoms with Gasteiger partial charge in [0, 0.05) is 38.6 Å². The molecule has 1 aromatic rings. The minimum absolute atomic E-state index is 0.176. The molecule has 0 radical (unpaired) electrons. The van der Waals surface area contributed by atoms with Crippen LogP contribution < -0.4 is 10.9 Å². The summed E-state index contributed by atoms with van der Waals surface area (Å²) in [7, 11) is 0. The van der Waals surface area contributed by atoms with E-state index in [0.717, 1.165) is 39.4 Å². The number of H-pyrrole nitrogens is 1. The van der Waals surface area contributed by atoms with Crippen LogP contribution in [0.2, 0.25) is 0 Å². The average Bonchev–Trinajstić information content (AvgIpc) is 2.33. The Morgan fingerprint density at radius 2 is 2.31 bits per heavy atom. The summed E-state index contributed by atoms with van der Waals surface area (Å²) in [4.78, 5) is 20.1. The first-order chi connectivity index (χ1) is 7.86. The van der Waals surface area contributed by atoms with E-state index in [-0.39, 0.29) is 5.56 Å². The van der Waals surface area contributed by atoms with Crippen LogP contribution in [0.15, 0.2) is 17.2 Å². The molecule has 6 heteroatoms. The standard InChI is InChI=1S/C10H16N4O2/c15-10-9(11-1-2-13-10)12-3-4-14-5-7-16-8-6-14/h1-2H,3-8H2,(H,11,12)(H,13,15). The van der Waals surface area contributed by atoms with Crippen LogP contribution in [0.25, 0.3) is 0 Å². The minimum Gasteiger partial charge on any atom is -0.379 e. The van der Waals surface area contributed by atoms with Gasteiger partial charge < -0.3 is 15.0 Å². The number of nitrogens with one attached hydrogen (secondary N) is 2. The van der Waals surface area contributed by atoms with E-state index in [1.165, 1.54) is 6.20 Å². The van der Waals surface area contributed by atoms with Crippen molar-refractivity contribution in [3.8, 4) is 0 Å². The highest BCUT2D eigenvalue weighted by molar-refractivity contribution is 5.29. The van der Waals surface area contributed by atoms with Gasteiger partial charge in [0.1, 0.15) is 0 Å². The van der Waals surface area contributed by atoms with Crippen molar-refractivity contribution in [1.29, 1.82) is 0 Å². The van der Waals surface area contributed by atoms with Gasteiger partial charge in [-0.3, -0.25) is 9.69 Å². The van der Waals surface area contributed by atoms with E-state index in [9.17, 15) is 4.79 Å². The third kappa shape index (κ3) is 3.04. The Morgan fingerprint density at radius 1 is 1.50 bits per heavy atom. The van der Waals surface area contributed by atoms with Crippen LogP contribution in [-0.4, -0.2) is 54.3 Å². The van der Waals surface area contributed by atoms with Crippen LogP contribution in [0.3, 0.4) is 0 Å². The molecule has 0 atom stereocenters. The SMILES string of the molecule is O=c1[nH]ccnc1NCCN1CCOCC1. The Labute approximate surface area is 93.6 Å². The first-order valence-corrected chi connectivity index (χ1v) is 5.44. The minimum atomic E-state index is -0.176. The highest BCUT2D eigenvalue weighted by atomic mass is 16.5. The number of hydrogen-bond acceptors (Lipinski definition) is 5. The maximum absolute atomic E-state index is 11.3. The summed E-state index contributed by atoms with van der Waals surface area (Å²) in [6, 6.07) is 0. The molecule has 16 heavy (non-hydrogen) atoms. The summed E-state index contributed by atoms with van der Waals surface area (Å²) in [6.45, 7) is 5.13. The van der Waals surface area contributed by atoms with Gasteiger partial charge in [-0.1, -0.05) is 0 Å². The van der Waals surface area contributed by atoms with Crippen molar-refractivity contribution in [3.05, 3.63) is 22.7 Å². The monoisotopic (exact) mass is 224 g/mol. The maximum Gasteiger partial charge on any atom is 0.290 e. The number of hydrogen-bond donors (Lipinski definition) is 2. The number of morpholine rings is 1. The summed E-state index contributed by atoms with van der Waals surface area (Å²) >= 11 is 0. The third-order valence-corrected chi connectivity index (χ3v) is 2.53. The second kappa shape index (κ2) is 5.62.